The summed E-state index contributed by atoms with van der Waals surface area (Å²) in [5.74, 6) is -2.01. The van der Waals surface area contributed by atoms with Gasteiger partial charge in [-0.05, 0) is 45.4 Å². The standard InChI is InChI=1S/C19H27N3O6/c1-3-21(4-2)19(26)13-6-5-10-20(12-13)11-9-15(23)14-7-8-16(24)18(25)17(14)22(27)28/h7-8,13,24-25H,3-6,9-12H2,1-2H3. The first-order valence-electron chi connectivity index (χ1n) is 9.53. The van der Waals surface area contributed by atoms with Crippen molar-refractivity contribution in [3.05, 3.63) is 27.8 Å². The molecule has 0 aliphatic carbocycles. The van der Waals surface area contributed by atoms with Gasteiger partial charge in [0.2, 0.25) is 11.7 Å². The quantitative estimate of drug-likeness (QED) is 0.300. The number of Topliss-reactive ketones (excluding diaryl/α,β-unsaturated/α-hetero) is 1. The average Bonchev–Trinajstić information content (AvgIpc) is 2.68. The van der Waals surface area contributed by atoms with Gasteiger partial charge in [-0.25, -0.2) is 0 Å². The lowest BCUT2D eigenvalue weighted by atomic mass is 9.96. The lowest BCUT2D eigenvalue weighted by Gasteiger charge is -2.34. The van der Waals surface area contributed by atoms with Crippen molar-refractivity contribution in [1.82, 2.24) is 9.80 Å². The van der Waals surface area contributed by atoms with Crippen molar-refractivity contribution in [2.24, 2.45) is 5.92 Å². The number of phenolic OH excluding ortho intramolecular Hbond substituents is 2. The first kappa shape index (κ1) is 21.6. The Hall–Kier alpha value is -2.68. The molecule has 1 unspecified atom stereocenters. The summed E-state index contributed by atoms with van der Waals surface area (Å²) in [7, 11) is 0. The molecule has 0 spiro atoms. The molecule has 1 heterocycles. The fraction of sp³-hybridized carbons (Fsp3) is 0.579. The molecule has 0 radical (unpaired) electrons. The molecule has 0 bridgehead atoms. The highest BCUT2D eigenvalue weighted by Gasteiger charge is 2.30. The van der Waals surface area contributed by atoms with Crippen molar-refractivity contribution < 1.29 is 24.7 Å². The molecule has 1 amide bonds. The molecular weight excluding hydrogens is 366 g/mol. The zero-order valence-corrected chi connectivity index (χ0v) is 16.3. The Labute approximate surface area is 163 Å². The van der Waals surface area contributed by atoms with Gasteiger partial charge in [0, 0.05) is 32.6 Å². The summed E-state index contributed by atoms with van der Waals surface area (Å²) in [6.45, 7) is 6.92. The smallest absolute Gasteiger partial charge is 0.325 e. The largest absolute Gasteiger partial charge is 0.504 e. The number of phenols is 2. The number of amides is 1. The number of piperidine rings is 1. The highest BCUT2D eigenvalue weighted by molar-refractivity contribution is 6.01. The average molecular weight is 393 g/mol. The first-order chi connectivity index (χ1) is 13.3. The van der Waals surface area contributed by atoms with E-state index >= 15 is 0 Å². The van der Waals surface area contributed by atoms with E-state index in [-0.39, 0.29) is 23.8 Å². The van der Waals surface area contributed by atoms with Gasteiger partial charge < -0.3 is 20.0 Å². The van der Waals surface area contributed by atoms with Crippen LogP contribution >= 0.6 is 0 Å². The minimum Gasteiger partial charge on any atom is -0.504 e. The summed E-state index contributed by atoms with van der Waals surface area (Å²) in [6, 6.07) is 2.22. The molecule has 0 aromatic heterocycles. The Morgan fingerprint density at radius 2 is 1.96 bits per heavy atom. The van der Waals surface area contributed by atoms with Crippen molar-refractivity contribution in [3.63, 3.8) is 0 Å². The van der Waals surface area contributed by atoms with Crippen molar-refractivity contribution >= 4 is 17.4 Å². The Bertz CT molecular complexity index is 747. The Kier molecular flexibility index (Phi) is 7.33. The second-order valence-corrected chi connectivity index (χ2v) is 6.91. The van der Waals surface area contributed by atoms with Crippen LogP contribution in [0.5, 0.6) is 11.5 Å². The van der Waals surface area contributed by atoms with Crippen molar-refractivity contribution in [2.45, 2.75) is 33.1 Å². The molecule has 9 nitrogen and oxygen atoms in total. The Morgan fingerprint density at radius 1 is 1.29 bits per heavy atom. The number of nitro groups is 1. The number of benzene rings is 1. The fourth-order valence-corrected chi connectivity index (χ4v) is 3.63. The number of hydrogen-bond donors (Lipinski definition) is 2. The van der Waals surface area contributed by atoms with Gasteiger partial charge in [0.15, 0.2) is 11.5 Å². The van der Waals surface area contributed by atoms with Crippen LogP contribution in [0.1, 0.15) is 43.5 Å². The van der Waals surface area contributed by atoms with E-state index in [4.69, 9.17) is 0 Å². The van der Waals surface area contributed by atoms with E-state index < -0.39 is 27.9 Å². The molecular formula is C19H27N3O6. The molecule has 28 heavy (non-hydrogen) atoms. The molecule has 1 saturated heterocycles. The summed E-state index contributed by atoms with van der Waals surface area (Å²) in [5.41, 5.74) is -1.01. The topological polar surface area (TPSA) is 124 Å². The van der Waals surface area contributed by atoms with Crippen molar-refractivity contribution in [3.8, 4) is 11.5 Å². The van der Waals surface area contributed by atoms with Crippen molar-refractivity contribution in [2.75, 3.05) is 32.7 Å². The van der Waals surface area contributed by atoms with Crippen LogP contribution in [-0.4, -0.2) is 69.4 Å². The Balaban J connectivity index is 2.02. The zero-order valence-electron chi connectivity index (χ0n) is 16.3. The number of likely N-dealkylation sites (tertiary alicyclic amines) is 1. The summed E-state index contributed by atoms with van der Waals surface area (Å²) in [6.07, 6.45) is 1.69. The van der Waals surface area contributed by atoms with Gasteiger partial charge >= 0.3 is 5.69 Å². The van der Waals surface area contributed by atoms with Gasteiger partial charge in [0.25, 0.3) is 0 Å². The van der Waals surface area contributed by atoms with E-state index in [0.29, 0.717) is 26.2 Å². The first-order valence-corrected chi connectivity index (χ1v) is 9.53. The maximum absolute atomic E-state index is 12.6. The van der Waals surface area contributed by atoms with Crippen LogP contribution in [0.3, 0.4) is 0 Å². The molecule has 2 rings (SSSR count). The van der Waals surface area contributed by atoms with Crippen LogP contribution in [0.2, 0.25) is 0 Å². The maximum atomic E-state index is 12.6. The van der Waals surface area contributed by atoms with Gasteiger partial charge in [-0.2, -0.15) is 0 Å². The minimum absolute atomic E-state index is 0.0250. The third-order valence-corrected chi connectivity index (χ3v) is 5.20. The SMILES string of the molecule is CCN(CC)C(=O)C1CCCN(CCC(=O)c2ccc(O)c(O)c2[N+](=O)[O-])C1. The lowest BCUT2D eigenvalue weighted by Crippen LogP contribution is -2.45. The van der Waals surface area contributed by atoms with Crippen LogP contribution < -0.4 is 0 Å². The van der Waals surface area contributed by atoms with Crippen LogP contribution in [-0.2, 0) is 4.79 Å². The minimum atomic E-state index is -0.904. The number of carbonyl (C=O) groups is 2. The second-order valence-electron chi connectivity index (χ2n) is 6.91. The molecule has 1 aromatic carbocycles. The predicted molar refractivity (Wildman–Crippen MR) is 102 cm³/mol. The number of nitro benzene ring substituents is 1. The third kappa shape index (κ3) is 4.78. The lowest BCUT2D eigenvalue weighted by molar-refractivity contribution is -0.386. The number of nitrogens with zero attached hydrogens (tertiary/aromatic N) is 3. The van der Waals surface area contributed by atoms with Gasteiger partial charge in [0.1, 0.15) is 0 Å². The predicted octanol–water partition coefficient (Wildman–Crippen LogP) is 2.16. The molecule has 9 heteroatoms. The van der Waals surface area contributed by atoms with Crippen LogP contribution in [0, 0.1) is 16.0 Å². The molecule has 1 aliphatic heterocycles. The molecule has 1 aromatic rings. The van der Waals surface area contributed by atoms with Crippen LogP contribution in [0.4, 0.5) is 5.69 Å². The normalized spacial score (nSPS) is 17.3. The number of ketones is 1. The van der Waals surface area contributed by atoms with E-state index in [1.54, 1.807) is 0 Å². The van der Waals surface area contributed by atoms with Gasteiger partial charge in [0.05, 0.1) is 16.4 Å². The molecule has 0 saturated carbocycles. The van der Waals surface area contributed by atoms with E-state index in [9.17, 15) is 29.9 Å². The van der Waals surface area contributed by atoms with Gasteiger partial charge in [-0.3, -0.25) is 19.7 Å². The summed E-state index contributed by atoms with van der Waals surface area (Å²) >= 11 is 0. The van der Waals surface area contributed by atoms with E-state index in [1.165, 1.54) is 0 Å². The number of aromatic hydroxyl groups is 2. The molecule has 2 N–H and O–H groups in total. The second kappa shape index (κ2) is 9.50. The number of rotatable bonds is 8. The van der Waals surface area contributed by atoms with Gasteiger partial charge in [-0.15, -0.1) is 0 Å². The molecule has 1 aliphatic rings. The van der Waals surface area contributed by atoms with Crippen molar-refractivity contribution in [1.29, 1.82) is 0 Å². The Morgan fingerprint density at radius 3 is 2.57 bits per heavy atom. The number of carbonyl (C=O) groups excluding carboxylic acids is 2. The van der Waals surface area contributed by atoms with Crippen LogP contribution in [0.15, 0.2) is 12.1 Å². The van der Waals surface area contributed by atoms with E-state index in [0.717, 1.165) is 31.5 Å². The summed E-state index contributed by atoms with van der Waals surface area (Å²) in [4.78, 5) is 39.2. The van der Waals surface area contributed by atoms with Crippen LogP contribution in [0.25, 0.3) is 0 Å². The zero-order chi connectivity index (χ0) is 20.8. The van der Waals surface area contributed by atoms with Gasteiger partial charge in [-0.1, -0.05) is 0 Å². The van der Waals surface area contributed by atoms with E-state index in [2.05, 4.69) is 0 Å². The molecule has 1 fully saturated rings. The summed E-state index contributed by atoms with van der Waals surface area (Å²) < 4.78 is 0. The number of hydrogen-bond acceptors (Lipinski definition) is 7. The third-order valence-electron chi connectivity index (χ3n) is 5.20. The molecule has 154 valence electrons. The molecule has 1 atom stereocenters. The highest BCUT2D eigenvalue weighted by Crippen LogP contribution is 2.38. The van der Waals surface area contributed by atoms with E-state index in [1.807, 2.05) is 23.6 Å². The monoisotopic (exact) mass is 393 g/mol. The fourth-order valence-electron chi connectivity index (χ4n) is 3.63. The summed E-state index contributed by atoms with van der Waals surface area (Å²) in [5, 5.41) is 30.3. The highest BCUT2D eigenvalue weighted by atomic mass is 16.6. The maximum Gasteiger partial charge on any atom is 0.325 e.